The minimum Gasteiger partial charge on any atom is -0.465 e. The van der Waals surface area contributed by atoms with Gasteiger partial charge in [-0.3, -0.25) is 4.79 Å². The van der Waals surface area contributed by atoms with E-state index >= 15 is 0 Å². The molecule has 0 aliphatic carbocycles. The average Bonchev–Trinajstić information content (AvgIpc) is 2.28. The van der Waals surface area contributed by atoms with Gasteiger partial charge in [0.1, 0.15) is 11.4 Å². The summed E-state index contributed by atoms with van der Waals surface area (Å²) < 4.78 is 17.4. The molecule has 4 nitrogen and oxygen atoms in total. The molecule has 16 heavy (non-hydrogen) atoms. The number of hydrogen-bond acceptors (Lipinski definition) is 3. The van der Waals surface area contributed by atoms with Crippen LogP contribution in [0.2, 0.25) is 0 Å². The maximum atomic E-state index is 12.9. The van der Waals surface area contributed by atoms with Crippen molar-refractivity contribution in [3.05, 3.63) is 46.0 Å². The molecule has 0 bridgehead atoms. The molecule has 0 unspecified atom stereocenters. The van der Waals surface area contributed by atoms with Gasteiger partial charge in [-0.05, 0) is 24.3 Å². The van der Waals surface area contributed by atoms with Crippen LogP contribution in [0.25, 0.3) is 10.9 Å². The van der Waals surface area contributed by atoms with Crippen molar-refractivity contribution in [1.82, 2.24) is 4.98 Å². The molecule has 0 aliphatic heterocycles. The van der Waals surface area contributed by atoms with E-state index in [2.05, 4.69) is 9.72 Å². The van der Waals surface area contributed by atoms with Gasteiger partial charge in [0.15, 0.2) is 0 Å². The molecule has 2 aromatic rings. The molecule has 0 atom stereocenters. The van der Waals surface area contributed by atoms with Crippen LogP contribution in [0.4, 0.5) is 4.39 Å². The Balaban J connectivity index is 2.74. The summed E-state index contributed by atoms with van der Waals surface area (Å²) in [7, 11) is 1.18. The standard InChI is InChI=1S/C11H8FNO3/c1-16-11(15)8-5-6-4-7(12)2-3-9(6)13-10(8)14/h2-5H,1H3,(H,13,14). The van der Waals surface area contributed by atoms with Crippen LogP contribution in [0, 0.1) is 5.82 Å². The maximum absolute atomic E-state index is 12.9. The fourth-order valence-electron chi connectivity index (χ4n) is 1.44. The van der Waals surface area contributed by atoms with E-state index in [4.69, 9.17) is 0 Å². The fourth-order valence-corrected chi connectivity index (χ4v) is 1.44. The average molecular weight is 221 g/mol. The van der Waals surface area contributed by atoms with Gasteiger partial charge in [0.2, 0.25) is 0 Å². The lowest BCUT2D eigenvalue weighted by atomic mass is 10.1. The minimum atomic E-state index is -0.743. The van der Waals surface area contributed by atoms with E-state index in [1.807, 2.05) is 0 Å². The molecule has 0 spiro atoms. The van der Waals surface area contributed by atoms with Crippen LogP contribution in [0.15, 0.2) is 29.1 Å². The van der Waals surface area contributed by atoms with E-state index in [9.17, 15) is 14.0 Å². The van der Waals surface area contributed by atoms with Crippen molar-refractivity contribution >= 4 is 16.9 Å². The van der Waals surface area contributed by atoms with Crippen molar-refractivity contribution < 1.29 is 13.9 Å². The largest absolute Gasteiger partial charge is 0.465 e. The van der Waals surface area contributed by atoms with Gasteiger partial charge in [-0.2, -0.15) is 0 Å². The van der Waals surface area contributed by atoms with Gasteiger partial charge in [-0.25, -0.2) is 9.18 Å². The minimum absolute atomic E-state index is 0.138. The molecule has 2 rings (SSSR count). The Hall–Kier alpha value is -2.17. The highest BCUT2D eigenvalue weighted by atomic mass is 19.1. The van der Waals surface area contributed by atoms with Crippen LogP contribution < -0.4 is 5.56 Å². The quantitative estimate of drug-likeness (QED) is 0.741. The first-order chi connectivity index (χ1) is 7.61. The number of halogens is 1. The van der Waals surface area contributed by atoms with Gasteiger partial charge in [-0.15, -0.1) is 0 Å². The summed E-state index contributed by atoms with van der Waals surface area (Å²) in [5.74, 6) is -1.18. The van der Waals surface area contributed by atoms with Crippen LogP contribution in [-0.2, 0) is 4.74 Å². The molecule has 0 amide bonds. The van der Waals surface area contributed by atoms with E-state index in [1.165, 1.54) is 31.4 Å². The Kier molecular flexibility index (Phi) is 2.44. The van der Waals surface area contributed by atoms with Crippen molar-refractivity contribution in [2.45, 2.75) is 0 Å². The predicted octanol–water partition coefficient (Wildman–Crippen LogP) is 1.45. The number of pyridine rings is 1. The predicted molar refractivity (Wildman–Crippen MR) is 55.9 cm³/mol. The molecule has 1 aromatic carbocycles. The van der Waals surface area contributed by atoms with Gasteiger partial charge in [0.05, 0.1) is 7.11 Å². The molecular weight excluding hydrogens is 213 g/mol. The van der Waals surface area contributed by atoms with Crippen molar-refractivity contribution in [3.8, 4) is 0 Å². The van der Waals surface area contributed by atoms with Crippen LogP contribution in [-0.4, -0.2) is 18.1 Å². The molecule has 1 aromatic heterocycles. The number of nitrogens with one attached hydrogen (secondary N) is 1. The number of H-pyrrole nitrogens is 1. The second kappa shape index (κ2) is 3.77. The van der Waals surface area contributed by atoms with Gasteiger partial charge in [0, 0.05) is 10.9 Å². The first-order valence-electron chi connectivity index (χ1n) is 4.52. The SMILES string of the molecule is COC(=O)c1cc2cc(F)ccc2[nH]c1=O. The highest BCUT2D eigenvalue weighted by Crippen LogP contribution is 2.13. The zero-order valence-electron chi connectivity index (χ0n) is 8.41. The topological polar surface area (TPSA) is 59.2 Å². The summed E-state index contributed by atoms with van der Waals surface area (Å²) in [5, 5.41) is 0.444. The number of fused-ring (bicyclic) bond motifs is 1. The van der Waals surface area contributed by atoms with Gasteiger partial charge < -0.3 is 9.72 Å². The molecule has 0 aliphatic rings. The zero-order chi connectivity index (χ0) is 11.7. The number of hydrogen-bond donors (Lipinski definition) is 1. The summed E-state index contributed by atoms with van der Waals surface area (Å²) in [5.41, 5.74) is -0.217. The van der Waals surface area contributed by atoms with Gasteiger partial charge >= 0.3 is 5.97 Å². The molecule has 0 radical (unpaired) electrons. The van der Waals surface area contributed by atoms with Gasteiger partial charge in [-0.1, -0.05) is 0 Å². The number of aromatic amines is 1. The lowest BCUT2D eigenvalue weighted by Crippen LogP contribution is -2.18. The number of methoxy groups -OCH3 is 1. The normalized spacial score (nSPS) is 10.4. The third kappa shape index (κ3) is 1.67. The summed E-state index contributed by atoms with van der Waals surface area (Å²) in [6, 6.07) is 5.21. The number of aromatic nitrogens is 1. The molecule has 0 fully saturated rings. The Labute approximate surface area is 89.7 Å². The monoisotopic (exact) mass is 221 g/mol. The number of carbonyl (C=O) groups is 1. The smallest absolute Gasteiger partial charge is 0.343 e. The molecule has 1 heterocycles. The van der Waals surface area contributed by atoms with E-state index in [-0.39, 0.29) is 5.56 Å². The van der Waals surface area contributed by atoms with E-state index in [0.29, 0.717) is 10.9 Å². The summed E-state index contributed by atoms with van der Waals surface area (Å²) in [4.78, 5) is 25.2. The van der Waals surface area contributed by atoms with E-state index in [0.717, 1.165) is 0 Å². The molecule has 5 heteroatoms. The van der Waals surface area contributed by atoms with Crippen molar-refractivity contribution in [2.24, 2.45) is 0 Å². The lowest BCUT2D eigenvalue weighted by molar-refractivity contribution is 0.0599. The number of esters is 1. The summed E-state index contributed by atoms with van der Waals surface area (Å²) >= 11 is 0. The molecule has 1 N–H and O–H groups in total. The Bertz CT molecular complexity index is 618. The number of rotatable bonds is 1. The van der Waals surface area contributed by atoms with Gasteiger partial charge in [0.25, 0.3) is 5.56 Å². The second-order valence-corrected chi connectivity index (χ2v) is 3.24. The highest BCUT2D eigenvalue weighted by Gasteiger charge is 2.11. The number of carbonyl (C=O) groups excluding carboxylic acids is 1. The Morgan fingerprint density at radius 3 is 2.81 bits per heavy atom. The number of benzene rings is 1. The zero-order valence-corrected chi connectivity index (χ0v) is 8.41. The molecule has 0 saturated heterocycles. The van der Waals surface area contributed by atoms with Crippen molar-refractivity contribution in [3.63, 3.8) is 0 Å². The van der Waals surface area contributed by atoms with Crippen LogP contribution >= 0.6 is 0 Å². The second-order valence-electron chi connectivity index (χ2n) is 3.24. The van der Waals surface area contributed by atoms with Crippen LogP contribution in [0.3, 0.4) is 0 Å². The summed E-state index contributed by atoms with van der Waals surface area (Å²) in [6.45, 7) is 0. The maximum Gasteiger partial charge on any atom is 0.343 e. The van der Waals surface area contributed by atoms with Crippen LogP contribution in [0.5, 0.6) is 0 Å². The molecule has 82 valence electrons. The van der Waals surface area contributed by atoms with Crippen molar-refractivity contribution in [1.29, 1.82) is 0 Å². The van der Waals surface area contributed by atoms with E-state index < -0.39 is 17.3 Å². The molecular formula is C11H8FNO3. The Morgan fingerprint density at radius 1 is 1.38 bits per heavy atom. The highest BCUT2D eigenvalue weighted by molar-refractivity contribution is 5.93. The third-order valence-electron chi connectivity index (χ3n) is 2.21. The first kappa shape index (κ1) is 10.4. The number of ether oxygens (including phenoxy) is 1. The third-order valence-corrected chi connectivity index (χ3v) is 2.21. The van der Waals surface area contributed by atoms with Crippen LogP contribution in [0.1, 0.15) is 10.4 Å². The van der Waals surface area contributed by atoms with E-state index in [1.54, 1.807) is 0 Å². The lowest BCUT2D eigenvalue weighted by Gasteiger charge is -2.01. The summed E-state index contributed by atoms with van der Waals surface area (Å²) in [6.07, 6.45) is 0. The Morgan fingerprint density at radius 2 is 2.12 bits per heavy atom. The fraction of sp³-hybridized carbons (Fsp3) is 0.0909. The first-order valence-corrected chi connectivity index (χ1v) is 4.52. The molecule has 0 saturated carbocycles. The van der Waals surface area contributed by atoms with Crippen molar-refractivity contribution in [2.75, 3.05) is 7.11 Å².